The molecule has 1 aromatic carbocycles. The van der Waals surface area contributed by atoms with E-state index in [1.54, 1.807) is 12.1 Å². The molecule has 0 atom stereocenters. The molecule has 14 heavy (non-hydrogen) atoms. The number of benzene rings is 1. The average Bonchev–Trinajstić information content (AvgIpc) is 2.20. The zero-order chi connectivity index (χ0) is 10.1. The zero-order valence-electron chi connectivity index (χ0n) is 7.03. The van der Waals surface area contributed by atoms with Gasteiger partial charge in [0.25, 0.3) is 0 Å². The van der Waals surface area contributed by atoms with Crippen LogP contribution in [0.4, 0.5) is 0 Å². The predicted molar refractivity (Wildman–Crippen MR) is 55.8 cm³/mol. The first kappa shape index (κ1) is 8.97. The van der Waals surface area contributed by atoms with Crippen LogP contribution in [0.15, 0.2) is 28.9 Å². The van der Waals surface area contributed by atoms with Crippen LogP contribution in [0.1, 0.15) is 5.56 Å². The fraction of sp³-hybridized carbons (Fsp3) is 0. The lowest BCUT2D eigenvalue weighted by Gasteiger charge is -2.01. The Morgan fingerprint density at radius 3 is 2.93 bits per heavy atom. The molecule has 4 heteroatoms. The maximum absolute atomic E-state index is 9.69. The molecule has 1 heterocycles. The highest BCUT2D eigenvalue weighted by Gasteiger charge is 2.06. The van der Waals surface area contributed by atoms with Gasteiger partial charge < -0.3 is 5.11 Å². The molecule has 0 amide bonds. The monoisotopic (exact) mass is 248 g/mol. The number of hydrogen-bond donors (Lipinski definition) is 1. The van der Waals surface area contributed by atoms with Gasteiger partial charge in [-0.25, -0.2) is 0 Å². The first-order valence-corrected chi connectivity index (χ1v) is 4.69. The van der Waals surface area contributed by atoms with Crippen LogP contribution in [0, 0.1) is 11.3 Å². The first-order chi connectivity index (χ1) is 6.72. The molecular formula is C10H5BrN2O. The molecule has 68 valence electrons. The lowest BCUT2D eigenvalue weighted by molar-refractivity contribution is 0.479. The molecule has 0 aliphatic carbocycles. The van der Waals surface area contributed by atoms with E-state index in [-0.39, 0.29) is 11.3 Å². The normalized spacial score (nSPS) is 10.0. The van der Waals surface area contributed by atoms with Crippen LogP contribution >= 0.6 is 15.9 Å². The Morgan fingerprint density at radius 2 is 2.21 bits per heavy atom. The van der Waals surface area contributed by atoms with Gasteiger partial charge in [0, 0.05) is 16.1 Å². The number of pyridine rings is 1. The van der Waals surface area contributed by atoms with Crippen LogP contribution in [-0.4, -0.2) is 10.1 Å². The van der Waals surface area contributed by atoms with E-state index in [4.69, 9.17) is 5.26 Å². The van der Waals surface area contributed by atoms with Gasteiger partial charge in [-0.15, -0.1) is 0 Å². The fourth-order valence-corrected chi connectivity index (χ4v) is 1.59. The van der Waals surface area contributed by atoms with Gasteiger partial charge in [-0.2, -0.15) is 5.26 Å². The Bertz CT molecular complexity index is 546. The quantitative estimate of drug-likeness (QED) is 0.780. The molecule has 3 nitrogen and oxygen atoms in total. The summed E-state index contributed by atoms with van der Waals surface area (Å²) in [5.41, 5.74) is 0.861. The van der Waals surface area contributed by atoms with E-state index in [1.807, 2.05) is 12.1 Å². The van der Waals surface area contributed by atoms with E-state index >= 15 is 0 Å². The fourth-order valence-electron chi connectivity index (χ4n) is 1.23. The second-order valence-electron chi connectivity index (χ2n) is 2.79. The number of rotatable bonds is 0. The third-order valence-corrected chi connectivity index (χ3v) is 2.42. The summed E-state index contributed by atoms with van der Waals surface area (Å²) < 4.78 is 0.845. The molecule has 0 saturated carbocycles. The standard InChI is InChI=1S/C10H5BrN2O/c11-7-1-2-9-8(3-7)10(14)6(4-12)5-13-9/h1-3,5H,(H,13,14). The number of hydrogen-bond acceptors (Lipinski definition) is 3. The molecule has 0 bridgehead atoms. The highest BCUT2D eigenvalue weighted by Crippen LogP contribution is 2.28. The van der Waals surface area contributed by atoms with Crippen molar-refractivity contribution in [2.75, 3.05) is 0 Å². The number of aromatic nitrogens is 1. The van der Waals surface area contributed by atoms with Crippen LogP contribution < -0.4 is 0 Å². The molecule has 0 aliphatic heterocycles. The Morgan fingerprint density at radius 1 is 1.43 bits per heavy atom. The van der Waals surface area contributed by atoms with E-state index in [0.717, 1.165) is 4.47 Å². The van der Waals surface area contributed by atoms with Crippen molar-refractivity contribution in [2.24, 2.45) is 0 Å². The van der Waals surface area contributed by atoms with Crippen molar-refractivity contribution in [3.05, 3.63) is 34.4 Å². The summed E-state index contributed by atoms with van der Waals surface area (Å²) >= 11 is 3.29. The highest BCUT2D eigenvalue weighted by molar-refractivity contribution is 9.10. The van der Waals surface area contributed by atoms with Crippen molar-refractivity contribution in [3.63, 3.8) is 0 Å². The van der Waals surface area contributed by atoms with Crippen molar-refractivity contribution in [3.8, 4) is 11.8 Å². The maximum Gasteiger partial charge on any atom is 0.144 e. The van der Waals surface area contributed by atoms with Gasteiger partial charge in [-0.1, -0.05) is 15.9 Å². The minimum atomic E-state index is -0.0150. The lowest BCUT2D eigenvalue weighted by Crippen LogP contribution is -1.84. The second-order valence-corrected chi connectivity index (χ2v) is 3.71. The van der Waals surface area contributed by atoms with Gasteiger partial charge in [-0.3, -0.25) is 4.98 Å². The van der Waals surface area contributed by atoms with Gasteiger partial charge >= 0.3 is 0 Å². The molecule has 0 unspecified atom stereocenters. The lowest BCUT2D eigenvalue weighted by atomic mass is 10.1. The van der Waals surface area contributed by atoms with E-state index in [0.29, 0.717) is 10.9 Å². The molecule has 0 spiro atoms. The molecule has 1 N–H and O–H groups in total. The van der Waals surface area contributed by atoms with Crippen LogP contribution in [0.3, 0.4) is 0 Å². The summed E-state index contributed by atoms with van der Waals surface area (Å²) in [5.74, 6) is -0.0150. The summed E-state index contributed by atoms with van der Waals surface area (Å²) in [4.78, 5) is 4.05. The Kier molecular flexibility index (Phi) is 2.10. The summed E-state index contributed by atoms with van der Waals surface area (Å²) in [6.45, 7) is 0. The molecule has 0 radical (unpaired) electrons. The minimum absolute atomic E-state index is 0.0150. The van der Waals surface area contributed by atoms with Gasteiger partial charge in [0.15, 0.2) is 0 Å². The van der Waals surface area contributed by atoms with Crippen LogP contribution in [0.2, 0.25) is 0 Å². The number of nitriles is 1. The van der Waals surface area contributed by atoms with Crippen LogP contribution in [-0.2, 0) is 0 Å². The van der Waals surface area contributed by atoms with Crippen molar-refractivity contribution in [1.29, 1.82) is 5.26 Å². The molecule has 0 aliphatic rings. The van der Waals surface area contributed by atoms with E-state index in [9.17, 15) is 5.11 Å². The average molecular weight is 249 g/mol. The van der Waals surface area contributed by atoms with Gasteiger partial charge in [-0.05, 0) is 18.2 Å². The summed E-state index contributed by atoms with van der Waals surface area (Å²) in [5, 5.41) is 19.0. The smallest absolute Gasteiger partial charge is 0.144 e. The third-order valence-electron chi connectivity index (χ3n) is 1.92. The number of aromatic hydroxyl groups is 1. The molecule has 0 saturated heterocycles. The summed E-state index contributed by atoms with van der Waals surface area (Å²) in [7, 11) is 0. The largest absolute Gasteiger partial charge is 0.506 e. The van der Waals surface area contributed by atoms with Crippen LogP contribution in [0.25, 0.3) is 10.9 Å². The molecule has 1 aromatic heterocycles. The summed E-state index contributed by atoms with van der Waals surface area (Å²) in [6, 6.07) is 7.23. The molecule has 2 rings (SSSR count). The molecule has 2 aromatic rings. The third kappa shape index (κ3) is 1.32. The number of nitrogens with zero attached hydrogens (tertiary/aromatic N) is 2. The number of halogens is 1. The zero-order valence-corrected chi connectivity index (χ0v) is 8.62. The Labute approximate surface area is 88.8 Å². The second kappa shape index (κ2) is 3.28. The highest BCUT2D eigenvalue weighted by atomic mass is 79.9. The number of fused-ring (bicyclic) bond motifs is 1. The van der Waals surface area contributed by atoms with Crippen LogP contribution in [0.5, 0.6) is 5.75 Å². The minimum Gasteiger partial charge on any atom is -0.506 e. The van der Waals surface area contributed by atoms with Crippen molar-refractivity contribution >= 4 is 26.8 Å². The van der Waals surface area contributed by atoms with Crippen molar-refractivity contribution in [1.82, 2.24) is 4.98 Å². The Balaban J connectivity index is 2.88. The van der Waals surface area contributed by atoms with E-state index in [2.05, 4.69) is 20.9 Å². The summed E-state index contributed by atoms with van der Waals surface area (Å²) in [6.07, 6.45) is 1.37. The van der Waals surface area contributed by atoms with Gasteiger partial charge in [0.1, 0.15) is 17.4 Å². The van der Waals surface area contributed by atoms with Crippen molar-refractivity contribution < 1.29 is 5.11 Å². The SMILES string of the molecule is N#Cc1cnc2ccc(Br)cc2c1O. The van der Waals surface area contributed by atoms with Crippen molar-refractivity contribution in [2.45, 2.75) is 0 Å². The topological polar surface area (TPSA) is 56.9 Å². The Hall–Kier alpha value is -1.60. The van der Waals surface area contributed by atoms with E-state index in [1.165, 1.54) is 6.20 Å². The predicted octanol–water partition coefficient (Wildman–Crippen LogP) is 2.57. The molecule has 0 fully saturated rings. The van der Waals surface area contributed by atoms with Gasteiger partial charge in [0.2, 0.25) is 0 Å². The first-order valence-electron chi connectivity index (χ1n) is 3.89. The molecular weight excluding hydrogens is 244 g/mol. The van der Waals surface area contributed by atoms with E-state index < -0.39 is 0 Å². The van der Waals surface area contributed by atoms with Gasteiger partial charge in [0.05, 0.1) is 5.52 Å². The maximum atomic E-state index is 9.69.